The van der Waals surface area contributed by atoms with Gasteiger partial charge in [-0.1, -0.05) is 17.7 Å². The molecular formula is C9H6ClF3O2. The number of halogens is 4. The lowest BCUT2D eigenvalue weighted by atomic mass is 10.1. The summed E-state index contributed by atoms with van der Waals surface area (Å²) in [5, 5.41) is 7.95. The molecule has 15 heavy (non-hydrogen) atoms. The first-order valence-corrected chi connectivity index (χ1v) is 4.26. The number of rotatable bonds is 3. The number of carboxylic acid groups (broad SMARTS) is 1. The Hall–Kier alpha value is -1.23. The van der Waals surface area contributed by atoms with E-state index in [0.29, 0.717) is 6.07 Å². The number of hydrogen-bond donors (Lipinski definition) is 1. The Morgan fingerprint density at radius 3 is 2.53 bits per heavy atom. The summed E-state index contributed by atoms with van der Waals surface area (Å²) in [7, 11) is 0. The van der Waals surface area contributed by atoms with Crippen molar-refractivity contribution in [1.82, 2.24) is 0 Å². The molecule has 0 bridgehead atoms. The molecule has 0 amide bonds. The summed E-state index contributed by atoms with van der Waals surface area (Å²) in [5.74, 6) is -6.26. The van der Waals surface area contributed by atoms with Gasteiger partial charge in [0.05, 0.1) is 5.02 Å². The summed E-state index contributed by atoms with van der Waals surface area (Å²) in [6.07, 6.45) is -1.38. The van der Waals surface area contributed by atoms with Crippen LogP contribution in [0, 0.1) is 5.82 Å². The lowest BCUT2D eigenvalue weighted by Crippen LogP contribution is -2.18. The van der Waals surface area contributed by atoms with E-state index in [-0.39, 0.29) is 5.02 Å². The van der Waals surface area contributed by atoms with E-state index >= 15 is 0 Å². The molecule has 1 N–H and O–H groups in total. The predicted octanol–water partition coefficient (Wildman–Crippen LogP) is 3.05. The second-order valence-corrected chi connectivity index (χ2v) is 3.31. The molecule has 2 nitrogen and oxygen atoms in total. The summed E-state index contributed by atoms with van der Waals surface area (Å²) < 4.78 is 39.1. The molecule has 6 heteroatoms. The minimum Gasteiger partial charge on any atom is -0.481 e. The van der Waals surface area contributed by atoms with Crippen molar-refractivity contribution in [3.8, 4) is 0 Å². The molecule has 1 rings (SSSR count). The van der Waals surface area contributed by atoms with Crippen molar-refractivity contribution < 1.29 is 23.1 Å². The maximum absolute atomic E-state index is 13.1. The maximum Gasteiger partial charge on any atom is 0.309 e. The summed E-state index contributed by atoms with van der Waals surface area (Å²) in [6, 6.07) is 2.39. The fourth-order valence-corrected chi connectivity index (χ4v) is 1.13. The van der Waals surface area contributed by atoms with Gasteiger partial charge in [0.15, 0.2) is 0 Å². The van der Waals surface area contributed by atoms with Crippen LogP contribution in [0.15, 0.2) is 18.2 Å². The Morgan fingerprint density at radius 1 is 1.47 bits per heavy atom. The van der Waals surface area contributed by atoms with Gasteiger partial charge in [-0.3, -0.25) is 4.79 Å². The van der Waals surface area contributed by atoms with Crippen LogP contribution in [-0.4, -0.2) is 11.1 Å². The average molecular weight is 239 g/mol. The van der Waals surface area contributed by atoms with E-state index in [1.54, 1.807) is 0 Å². The summed E-state index contributed by atoms with van der Waals surface area (Å²) in [5.41, 5.74) is -0.702. The van der Waals surface area contributed by atoms with Crippen LogP contribution in [0.1, 0.15) is 12.0 Å². The second-order valence-electron chi connectivity index (χ2n) is 2.90. The van der Waals surface area contributed by atoms with Crippen molar-refractivity contribution >= 4 is 17.6 Å². The topological polar surface area (TPSA) is 37.3 Å². The van der Waals surface area contributed by atoms with E-state index in [9.17, 15) is 18.0 Å². The summed E-state index contributed by atoms with van der Waals surface area (Å²) in [4.78, 5) is 10.1. The van der Waals surface area contributed by atoms with Gasteiger partial charge in [-0.2, -0.15) is 0 Å². The minimum absolute atomic E-state index is 0.287. The Balaban J connectivity index is 3.04. The van der Waals surface area contributed by atoms with Gasteiger partial charge < -0.3 is 5.11 Å². The van der Waals surface area contributed by atoms with E-state index in [2.05, 4.69) is 0 Å². The molecule has 0 aromatic heterocycles. The molecule has 0 saturated heterocycles. The van der Waals surface area contributed by atoms with Crippen LogP contribution < -0.4 is 0 Å². The lowest BCUT2D eigenvalue weighted by Gasteiger charge is -2.14. The molecule has 0 aliphatic carbocycles. The highest BCUT2D eigenvalue weighted by atomic mass is 35.5. The molecule has 0 aliphatic rings. The van der Waals surface area contributed by atoms with Crippen molar-refractivity contribution in [2.75, 3.05) is 0 Å². The van der Waals surface area contributed by atoms with Crippen molar-refractivity contribution in [2.24, 2.45) is 0 Å². The van der Waals surface area contributed by atoms with Gasteiger partial charge in [0.1, 0.15) is 12.2 Å². The van der Waals surface area contributed by atoms with E-state index < -0.39 is 29.7 Å². The molecule has 0 unspecified atom stereocenters. The van der Waals surface area contributed by atoms with Crippen molar-refractivity contribution in [3.05, 3.63) is 34.6 Å². The Kier molecular flexibility index (Phi) is 3.24. The van der Waals surface area contributed by atoms with Gasteiger partial charge in [-0.05, 0) is 12.1 Å². The molecule has 0 heterocycles. The van der Waals surface area contributed by atoms with Crippen LogP contribution in [0.5, 0.6) is 0 Å². The third-order valence-corrected chi connectivity index (χ3v) is 2.02. The fourth-order valence-electron chi connectivity index (χ4n) is 1.02. The molecule has 0 atom stereocenters. The standard InChI is InChI=1S/C9H6ClF3O2/c10-6-2-1-5(3-7(6)11)9(12,13)4-8(14)15/h1-3H,4H2,(H,14,15). The molecule has 0 fully saturated rings. The van der Waals surface area contributed by atoms with E-state index in [1.165, 1.54) is 0 Å². The normalized spacial score (nSPS) is 11.5. The monoisotopic (exact) mass is 238 g/mol. The zero-order valence-electron chi connectivity index (χ0n) is 7.31. The quantitative estimate of drug-likeness (QED) is 0.879. The first-order chi connectivity index (χ1) is 6.83. The zero-order valence-corrected chi connectivity index (χ0v) is 8.06. The third-order valence-electron chi connectivity index (χ3n) is 1.72. The number of carbonyl (C=O) groups is 1. The minimum atomic E-state index is -3.60. The molecule has 0 radical (unpaired) electrons. The van der Waals surface area contributed by atoms with Crippen molar-refractivity contribution in [2.45, 2.75) is 12.3 Å². The van der Waals surface area contributed by atoms with Gasteiger partial charge in [0, 0.05) is 5.56 Å². The third kappa shape index (κ3) is 2.86. The largest absolute Gasteiger partial charge is 0.481 e. The molecule has 1 aromatic carbocycles. The molecule has 0 spiro atoms. The lowest BCUT2D eigenvalue weighted by molar-refractivity contribution is -0.145. The highest BCUT2D eigenvalue weighted by Gasteiger charge is 2.35. The average Bonchev–Trinajstić information content (AvgIpc) is 2.07. The number of benzene rings is 1. The smallest absolute Gasteiger partial charge is 0.309 e. The van der Waals surface area contributed by atoms with Crippen molar-refractivity contribution in [1.29, 1.82) is 0 Å². The first-order valence-electron chi connectivity index (χ1n) is 3.88. The number of hydrogen-bond acceptors (Lipinski definition) is 1. The molecule has 1 aromatic rings. The van der Waals surface area contributed by atoms with Crippen LogP contribution in [0.2, 0.25) is 5.02 Å². The molecule has 0 aliphatic heterocycles. The van der Waals surface area contributed by atoms with Crippen LogP contribution >= 0.6 is 11.6 Å². The SMILES string of the molecule is O=C(O)CC(F)(F)c1ccc(Cl)c(F)c1. The van der Waals surface area contributed by atoms with Crippen LogP contribution in [0.3, 0.4) is 0 Å². The first kappa shape index (κ1) is 11.8. The highest BCUT2D eigenvalue weighted by molar-refractivity contribution is 6.30. The summed E-state index contributed by atoms with van der Waals surface area (Å²) >= 11 is 5.30. The summed E-state index contributed by atoms with van der Waals surface area (Å²) in [6.45, 7) is 0. The Labute approximate surface area is 88.3 Å². The number of carboxylic acids is 1. The predicted molar refractivity (Wildman–Crippen MR) is 47.6 cm³/mol. The number of aliphatic carboxylic acids is 1. The second kappa shape index (κ2) is 4.10. The van der Waals surface area contributed by atoms with Gasteiger partial charge >= 0.3 is 5.97 Å². The molecule has 82 valence electrons. The van der Waals surface area contributed by atoms with Crippen LogP contribution in [-0.2, 0) is 10.7 Å². The Morgan fingerprint density at radius 2 is 2.07 bits per heavy atom. The van der Waals surface area contributed by atoms with E-state index in [0.717, 1.165) is 12.1 Å². The zero-order chi connectivity index (χ0) is 11.6. The fraction of sp³-hybridized carbons (Fsp3) is 0.222. The number of alkyl halides is 2. The van der Waals surface area contributed by atoms with Gasteiger partial charge in [-0.15, -0.1) is 0 Å². The Bertz CT molecular complexity index is 393. The maximum atomic E-state index is 13.1. The van der Waals surface area contributed by atoms with E-state index in [1.807, 2.05) is 0 Å². The van der Waals surface area contributed by atoms with Gasteiger partial charge in [-0.25, -0.2) is 13.2 Å². The van der Waals surface area contributed by atoms with Gasteiger partial charge in [0.25, 0.3) is 5.92 Å². The highest BCUT2D eigenvalue weighted by Crippen LogP contribution is 2.33. The van der Waals surface area contributed by atoms with Crippen LogP contribution in [0.4, 0.5) is 13.2 Å². The molecule has 0 saturated carbocycles. The van der Waals surface area contributed by atoms with E-state index in [4.69, 9.17) is 16.7 Å². The van der Waals surface area contributed by atoms with Crippen LogP contribution in [0.25, 0.3) is 0 Å². The van der Waals surface area contributed by atoms with Gasteiger partial charge in [0.2, 0.25) is 0 Å². The molecular weight excluding hydrogens is 233 g/mol. The van der Waals surface area contributed by atoms with Crippen molar-refractivity contribution in [3.63, 3.8) is 0 Å².